The van der Waals surface area contributed by atoms with Crippen molar-refractivity contribution in [3.63, 3.8) is 0 Å². The molecule has 142 valence electrons. The first-order valence-corrected chi connectivity index (χ1v) is 8.64. The predicted octanol–water partition coefficient (Wildman–Crippen LogP) is 2.37. The number of aryl methyl sites for hydroxylation is 1. The van der Waals surface area contributed by atoms with Crippen LogP contribution in [-0.2, 0) is 4.74 Å². The summed E-state index contributed by atoms with van der Waals surface area (Å²) in [6.45, 7) is 3.51. The Hall–Kier alpha value is -2.71. The van der Waals surface area contributed by atoms with E-state index in [1.807, 2.05) is 0 Å². The monoisotopic (exact) mass is 392 g/mol. The molecule has 2 amide bonds. The molecule has 2 aromatic rings. The molecule has 1 aromatic heterocycles. The molecule has 1 aromatic carbocycles. The molecule has 9 heteroatoms. The first kappa shape index (κ1) is 19.1. The number of hydrogen-bond acceptors (Lipinski definition) is 5. The van der Waals surface area contributed by atoms with E-state index in [0.717, 1.165) is 0 Å². The lowest BCUT2D eigenvalue weighted by molar-refractivity contribution is 0.0992. The third-order valence-electron chi connectivity index (χ3n) is 4.25. The van der Waals surface area contributed by atoms with Gasteiger partial charge in [0.25, 0.3) is 11.8 Å². The van der Waals surface area contributed by atoms with Gasteiger partial charge in [-0.1, -0.05) is 11.6 Å². The molecule has 0 spiro atoms. The smallest absolute Gasteiger partial charge is 0.274 e. The molecule has 27 heavy (non-hydrogen) atoms. The van der Waals surface area contributed by atoms with Gasteiger partial charge in [0, 0.05) is 19.3 Å². The predicted molar refractivity (Wildman–Crippen MR) is 99.9 cm³/mol. The molecule has 0 bridgehead atoms. The lowest BCUT2D eigenvalue weighted by Crippen LogP contribution is -2.37. The number of rotatable bonds is 4. The summed E-state index contributed by atoms with van der Waals surface area (Å²) in [6.07, 6.45) is 1.25. The first-order valence-electron chi connectivity index (χ1n) is 8.27. The highest BCUT2D eigenvalue weighted by molar-refractivity contribution is 6.31. The van der Waals surface area contributed by atoms with Crippen molar-refractivity contribution in [3.05, 3.63) is 52.1 Å². The van der Waals surface area contributed by atoms with E-state index in [0.29, 0.717) is 31.9 Å². The van der Waals surface area contributed by atoms with Crippen LogP contribution < -0.4 is 16.0 Å². The fourth-order valence-corrected chi connectivity index (χ4v) is 3.01. The van der Waals surface area contributed by atoms with Crippen molar-refractivity contribution in [2.24, 2.45) is 5.73 Å². The number of nitrogens with one attached hydrogen (secondary N) is 1. The van der Waals surface area contributed by atoms with Crippen LogP contribution in [0, 0.1) is 12.7 Å². The fourth-order valence-electron chi connectivity index (χ4n) is 2.86. The summed E-state index contributed by atoms with van der Waals surface area (Å²) in [5.74, 6) is -1.77. The number of aromatic nitrogens is 1. The van der Waals surface area contributed by atoms with E-state index in [4.69, 9.17) is 22.1 Å². The van der Waals surface area contributed by atoms with Crippen molar-refractivity contribution in [2.45, 2.75) is 6.92 Å². The van der Waals surface area contributed by atoms with Crippen molar-refractivity contribution in [3.8, 4) is 0 Å². The van der Waals surface area contributed by atoms with Crippen LogP contribution in [0.1, 0.15) is 26.4 Å². The molecule has 0 radical (unpaired) electrons. The van der Waals surface area contributed by atoms with Gasteiger partial charge in [0.2, 0.25) is 0 Å². The number of benzene rings is 1. The zero-order valence-corrected chi connectivity index (χ0v) is 15.3. The quantitative estimate of drug-likeness (QED) is 0.832. The first-order chi connectivity index (χ1) is 12.9. The molecule has 1 aliphatic heterocycles. The van der Waals surface area contributed by atoms with E-state index in [2.05, 4.69) is 10.3 Å². The molecule has 0 unspecified atom stereocenters. The lowest BCUT2D eigenvalue weighted by atomic mass is 10.1. The SMILES string of the molecule is Cc1cc(C(=O)Nc2ccc(Cl)c(F)c2N2CCOCC2)ncc1C(N)=O. The number of halogens is 2. The second-order valence-corrected chi connectivity index (χ2v) is 6.47. The number of morpholine rings is 1. The van der Waals surface area contributed by atoms with Crippen molar-refractivity contribution < 1.29 is 18.7 Å². The highest BCUT2D eigenvalue weighted by Crippen LogP contribution is 2.34. The maximum Gasteiger partial charge on any atom is 0.274 e. The largest absolute Gasteiger partial charge is 0.378 e. The highest BCUT2D eigenvalue weighted by atomic mass is 35.5. The Morgan fingerprint density at radius 2 is 2.04 bits per heavy atom. The number of primary amides is 1. The number of pyridine rings is 1. The van der Waals surface area contributed by atoms with E-state index in [9.17, 15) is 14.0 Å². The number of carbonyl (C=O) groups is 2. The topological polar surface area (TPSA) is 97.6 Å². The summed E-state index contributed by atoms with van der Waals surface area (Å²) < 4.78 is 20.0. The standard InChI is InChI=1S/C18H18ClFN4O3/c1-10-8-14(22-9-11(10)17(21)25)18(26)23-13-3-2-12(19)15(20)16(13)24-4-6-27-7-5-24/h2-3,8-9H,4-7H2,1H3,(H2,21,25)(H,23,26). The minimum absolute atomic E-state index is 0.0331. The molecule has 1 fully saturated rings. The minimum Gasteiger partial charge on any atom is -0.378 e. The third-order valence-corrected chi connectivity index (χ3v) is 4.55. The maximum absolute atomic E-state index is 14.7. The van der Waals surface area contributed by atoms with Crippen LogP contribution in [0.15, 0.2) is 24.4 Å². The molecule has 1 saturated heterocycles. The number of amides is 2. The van der Waals surface area contributed by atoms with Crippen LogP contribution in [0.4, 0.5) is 15.8 Å². The zero-order chi connectivity index (χ0) is 19.6. The van der Waals surface area contributed by atoms with Gasteiger partial charge in [-0.2, -0.15) is 0 Å². The maximum atomic E-state index is 14.7. The van der Waals surface area contributed by atoms with Gasteiger partial charge in [0.1, 0.15) is 5.69 Å². The summed E-state index contributed by atoms with van der Waals surface area (Å²) in [5.41, 5.74) is 6.59. The Kier molecular flexibility index (Phi) is 5.57. The summed E-state index contributed by atoms with van der Waals surface area (Å²) in [5, 5.41) is 2.64. The molecule has 1 aliphatic rings. The molecule has 2 heterocycles. The molecule has 3 rings (SSSR count). The second-order valence-electron chi connectivity index (χ2n) is 6.06. The van der Waals surface area contributed by atoms with E-state index < -0.39 is 17.6 Å². The van der Waals surface area contributed by atoms with Crippen LogP contribution >= 0.6 is 11.6 Å². The van der Waals surface area contributed by atoms with E-state index in [1.54, 1.807) is 17.9 Å². The van der Waals surface area contributed by atoms with E-state index in [-0.39, 0.29) is 27.7 Å². The molecular formula is C18H18ClFN4O3. The van der Waals surface area contributed by atoms with Gasteiger partial charge in [-0.15, -0.1) is 0 Å². The highest BCUT2D eigenvalue weighted by Gasteiger charge is 2.23. The Morgan fingerprint density at radius 3 is 2.67 bits per heavy atom. The van der Waals surface area contributed by atoms with E-state index in [1.165, 1.54) is 18.3 Å². The molecule has 0 atom stereocenters. The zero-order valence-electron chi connectivity index (χ0n) is 14.6. The van der Waals surface area contributed by atoms with Crippen LogP contribution in [0.5, 0.6) is 0 Å². The van der Waals surface area contributed by atoms with Crippen molar-refractivity contribution in [2.75, 3.05) is 36.5 Å². The van der Waals surface area contributed by atoms with Crippen LogP contribution in [0.3, 0.4) is 0 Å². The van der Waals surface area contributed by atoms with Gasteiger partial charge >= 0.3 is 0 Å². The van der Waals surface area contributed by atoms with Gasteiger partial charge in [-0.3, -0.25) is 14.6 Å². The van der Waals surface area contributed by atoms with Crippen molar-refractivity contribution in [1.29, 1.82) is 0 Å². The Bertz CT molecular complexity index is 900. The summed E-state index contributed by atoms with van der Waals surface area (Å²) >= 11 is 5.92. The number of nitrogens with two attached hydrogens (primary N) is 1. The van der Waals surface area contributed by atoms with Gasteiger partial charge < -0.3 is 20.7 Å². The van der Waals surface area contributed by atoms with Gasteiger partial charge in [-0.05, 0) is 30.7 Å². The summed E-state index contributed by atoms with van der Waals surface area (Å²) in [4.78, 5) is 29.6. The summed E-state index contributed by atoms with van der Waals surface area (Å²) in [7, 11) is 0. The molecule has 3 N–H and O–H groups in total. The van der Waals surface area contributed by atoms with Crippen molar-refractivity contribution in [1.82, 2.24) is 4.98 Å². The average Bonchev–Trinajstić information content (AvgIpc) is 2.65. The fraction of sp³-hybridized carbons (Fsp3) is 0.278. The van der Waals surface area contributed by atoms with Crippen molar-refractivity contribution >= 4 is 34.8 Å². The van der Waals surface area contributed by atoms with Gasteiger partial charge in [0.15, 0.2) is 5.82 Å². The molecule has 7 nitrogen and oxygen atoms in total. The number of anilines is 2. The number of nitrogens with zero attached hydrogens (tertiary/aromatic N) is 2. The molecule has 0 saturated carbocycles. The number of ether oxygens (including phenoxy) is 1. The minimum atomic E-state index is -0.624. The summed E-state index contributed by atoms with van der Waals surface area (Å²) in [6, 6.07) is 4.38. The third kappa shape index (κ3) is 4.01. The Morgan fingerprint density at radius 1 is 1.33 bits per heavy atom. The van der Waals surface area contributed by atoms with Crippen LogP contribution in [0.25, 0.3) is 0 Å². The Balaban J connectivity index is 1.91. The van der Waals surface area contributed by atoms with Crippen LogP contribution in [-0.4, -0.2) is 43.1 Å². The molecule has 0 aliphatic carbocycles. The second kappa shape index (κ2) is 7.89. The van der Waals surface area contributed by atoms with Crippen LogP contribution in [0.2, 0.25) is 5.02 Å². The number of hydrogen-bond donors (Lipinski definition) is 2. The normalized spacial score (nSPS) is 14.1. The average molecular weight is 393 g/mol. The lowest BCUT2D eigenvalue weighted by Gasteiger charge is -2.31. The molecular weight excluding hydrogens is 375 g/mol. The van der Waals surface area contributed by atoms with E-state index >= 15 is 0 Å². The van der Waals surface area contributed by atoms with Gasteiger partial charge in [-0.25, -0.2) is 4.39 Å². The van der Waals surface area contributed by atoms with Gasteiger partial charge in [0.05, 0.1) is 35.2 Å². The Labute approximate surface area is 160 Å². The number of carbonyl (C=O) groups excluding carboxylic acids is 2.